The van der Waals surface area contributed by atoms with E-state index in [1.807, 2.05) is 11.3 Å². The van der Waals surface area contributed by atoms with E-state index in [-0.39, 0.29) is 5.41 Å². The van der Waals surface area contributed by atoms with Crippen molar-refractivity contribution in [3.63, 3.8) is 0 Å². The second-order valence-electron chi connectivity index (χ2n) is 6.73. The molecule has 1 aromatic carbocycles. The maximum atomic E-state index is 6.61. The molecule has 126 valence electrons. The number of aryl methyl sites for hydroxylation is 1. The van der Waals surface area contributed by atoms with Gasteiger partial charge < -0.3 is 4.90 Å². The van der Waals surface area contributed by atoms with Crippen LogP contribution < -0.4 is 4.90 Å². The number of nitrogens with zero attached hydrogens (tertiary/aromatic N) is 2. The number of benzene rings is 1. The molecule has 0 aliphatic rings. The van der Waals surface area contributed by atoms with Crippen LogP contribution in [0.25, 0.3) is 11.3 Å². The SMILES string of the molecule is CCc1sc(C(C)(C)C)nc1-c1ccc(N(CC)CC)cc1Cl. The van der Waals surface area contributed by atoms with E-state index in [0.717, 1.165) is 35.8 Å². The molecule has 0 saturated carbocycles. The van der Waals surface area contributed by atoms with Gasteiger partial charge in [-0.3, -0.25) is 0 Å². The third kappa shape index (κ3) is 3.89. The Labute approximate surface area is 149 Å². The van der Waals surface area contributed by atoms with Crippen molar-refractivity contribution in [1.82, 2.24) is 4.98 Å². The second-order valence-corrected chi connectivity index (χ2v) is 8.22. The van der Waals surface area contributed by atoms with E-state index in [9.17, 15) is 0 Å². The van der Waals surface area contributed by atoms with E-state index in [4.69, 9.17) is 16.6 Å². The lowest BCUT2D eigenvalue weighted by Gasteiger charge is -2.21. The second kappa shape index (κ2) is 7.23. The molecule has 2 rings (SSSR count). The van der Waals surface area contributed by atoms with Crippen LogP contribution in [0.3, 0.4) is 0 Å². The summed E-state index contributed by atoms with van der Waals surface area (Å²) in [7, 11) is 0. The molecule has 0 amide bonds. The monoisotopic (exact) mass is 350 g/mol. The van der Waals surface area contributed by atoms with Gasteiger partial charge in [0.2, 0.25) is 0 Å². The highest BCUT2D eigenvalue weighted by atomic mass is 35.5. The number of hydrogen-bond acceptors (Lipinski definition) is 3. The van der Waals surface area contributed by atoms with Gasteiger partial charge in [-0.25, -0.2) is 4.98 Å². The Bertz CT molecular complexity index is 666. The average molecular weight is 351 g/mol. The topological polar surface area (TPSA) is 16.1 Å². The fourth-order valence-corrected chi connectivity index (χ4v) is 3.94. The molecule has 0 aliphatic heterocycles. The van der Waals surface area contributed by atoms with E-state index < -0.39 is 0 Å². The summed E-state index contributed by atoms with van der Waals surface area (Å²) in [6.07, 6.45) is 0.983. The molecule has 0 saturated heterocycles. The minimum Gasteiger partial charge on any atom is -0.372 e. The molecule has 2 aromatic rings. The molecular formula is C19H27ClN2S. The minimum absolute atomic E-state index is 0.0699. The van der Waals surface area contributed by atoms with Gasteiger partial charge in [-0.2, -0.15) is 0 Å². The van der Waals surface area contributed by atoms with Crippen LogP contribution in [0.4, 0.5) is 5.69 Å². The van der Waals surface area contributed by atoms with Crippen LogP contribution in [0.5, 0.6) is 0 Å². The smallest absolute Gasteiger partial charge is 0.0988 e. The van der Waals surface area contributed by atoms with E-state index in [1.54, 1.807) is 0 Å². The van der Waals surface area contributed by atoms with Crippen LogP contribution in [-0.4, -0.2) is 18.1 Å². The maximum Gasteiger partial charge on any atom is 0.0988 e. The Morgan fingerprint density at radius 2 is 1.78 bits per heavy atom. The van der Waals surface area contributed by atoms with Crippen molar-refractivity contribution >= 4 is 28.6 Å². The van der Waals surface area contributed by atoms with Crippen molar-refractivity contribution in [2.45, 2.75) is 53.4 Å². The Hall–Kier alpha value is -1.06. The number of rotatable bonds is 5. The summed E-state index contributed by atoms with van der Waals surface area (Å²) in [6, 6.07) is 6.35. The number of anilines is 1. The van der Waals surface area contributed by atoms with E-state index >= 15 is 0 Å². The molecule has 0 unspecified atom stereocenters. The molecule has 1 heterocycles. The van der Waals surface area contributed by atoms with Crippen LogP contribution in [0, 0.1) is 0 Å². The Kier molecular flexibility index (Phi) is 5.74. The number of thiazole rings is 1. The zero-order valence-corrected chi connectivity index (χ0v) is 16.6. The van der Waals surface area contributed by atoms with Crippen LogP contribution in [0.15, 0.2) is 18.2 Å². The molecule has 4 heteroatoms. The third-order valence-electron chi connectivity index (χ3n) is 4.00. The van der Waals surface area contributed by atoms with Crippen molar-refractivity contribution in [2.24, 2.45) is 0 Å². The first kappa shape index (κ1) is 18.3. The van der Waals surface area contributed by atoms with E-state index in [0.29, 0.717) is 0 Å². The third-order valence-corrected chi connectivity index (χ3v) is 5.93. The van der Waals surface area contributed by atoms with E-state index in [1.165, 1.54) is 15.6 Å². The van der Waals surface area contributed by atoms with Crippen molar-refractivity contribution in [1.29, 1.82) is 0 Å². The fourth-order valence-electron chi connectivity index (χ4n) is 2.60. The summed E-state index contributed by atoms with van der Waals surface area (Å²) < 4.78 is 0. The summed E-state index contributed by atoms with van der Waals surface area (Å²) in [6.45, 7) is 15.1. The normalized spacial score (nSPS) is 11.8. The molecule has 0 aliphatic carbocycles. The lowest BCUT2D eigenvalue weighted by Crippen LogP contribution is -2.21. The lowest BCUT2D eigenvalue weighted by molar-refractivity contribution is 0.586. The van der Waals surface area contributed by atoms with Crippen molar-refractivity contribution < 1.29 is 0 Å². The predicted molar refractivity (Wildman–Crippen MR) is 104 cm³/mol. The fraction of sp³-hybridized carbons (Fsp3) is 0.526. The van der Waals surface area contributed by atoms with Crippen molar-refractivity contribution in [2.75, 3.05) is 18.0 Å². The van der Waals surface area contributed by atoms with Crippen LogP contribution in [-0.2, 0) is 11.8 Å². The summed E-state index contributed by atoms with van der Waals surface area (Å²) in [5.41, 5.74) is 3.35. The Morgan fingerprint density at radius 1 is 1.13 bits per heavy atom. The number of hydrogen-bond donors (Lipinski definition) is 0. The van der Waals surface area contributed by atoms with Gasteiger partial charge in [0.15, 0.2) is 0 Å². The summed E-state index contributed by atoms with van der Waals surface area (Å²) in [4.78, 5) is 8.53. The molecule has 0 fully saturated rings. The molecule has 0 radical (unpaired) electrons. The Morgan fingerprint density at radius 3 is 2.26 bits per heavy atom. The van der Waals surface area contributed by atoms with Gasteiger partial charge in [0.05, 0.1) is 15.7 Å². The molecule has 1 aromatic heterocycles. The van der Waals surface area contributed by atoms with Gasteiger partial charge in [-0.15, -0.1) is 11.3 Å². The predicted octanol–water partition coefficient (Wildman–Crippen LogP) is 6.17. The Balaban J connectivity index is 2.48. The number of halogens is 1. The minimum atomic E-state index is 0.0699. The zero-order valence-electron chi connectivity index (χ0n) is 15.0. The molecule has 23 heavy (non-hydrogen) atoms. The van der Waals surface area contributed by atoms with Gasteiger partial charge >= 0.3 is 0 Å². The molecule has 0 spiro atoms. The van der Waals surface area contributed by atoms with Gasteiger partial charge in [-0.1, -0.05) is 39.3 Å². The van der Waals surface area contributed by atoms with Gasteiger partial charge in [0, 0.05) is 34.6 Å². The molecule has 2 nitrogen and oxygen atoms in total. The van der Waals surface area contributed by atoms with Gasteiger partial charge in [-0.05, 0) is 38.5 Å². The largest absolute Gasteiger partial charge is 0.372 e. The van der Waals surface area contributed by atoms with Crippen LogP contribution in [0.2, 0.25) is 5.02 Å². The van der Waals surface area contributed by atoms with Crippen LogP contribution in [0.1, 0.15) is 51.4 Å². The number of aromatic nitrogens is 1. The standard InChI is InChI=1S/C19H27ClN2S/c1-7-16-17(21-18(23-16)19(4,5)6)14-11-10-13(12-15(14)20)22(8-2)9-3/h10-12H,7-9H2,1-6H3. The lowest BCUT2D eigenvalue weighted by atomic mass is 9.98. The molecule has 0 atom stereocenters. The highest BCUT2D eigenvalue weighted by Gasteiger charge is 2.22. The molecular weight excluding hydrogens is 324 g/mol. The quantitative estimate of drug-likeness (QED) is 0.641. The zero-order chi connectivity index (χ0) is 17.2. The average Bonchev–Trinajstić information content (AvgIpc) is 2.93. The summed E-state index contributed by atoms with van der Waals surface area (Å²) in [5.74, 6) is 0. The molecule has 0 N–H and O–H groups in total. The highest BCUT2D eigenvalue weighted by molar-refractivity contribution is 7.12. The maximum absolute atomic E-state index is 6.61. The van der Waals surface area contributed by atoms with Crippen molar-refractivity contribution in [3.8, 4) is 11.3 Å². The summed E-state index contributed by atoms with van der Waals surface area (Å²) in [5, 5.41) is 1.96. The highest BCUT2D eigenvalue weighted by Crippen LogP contribution is 2.38. The first-order valence-corrected chi connectivity index (χ1v) is 9.56. The van der Waals surface area contributed by atoms with Crippen molar-refractivity contribution in [3.05, 3.63) is 33.1 Å². The summed E-state index contributed by atoms with van der Waals surface area (Å²) >= 11 is 8.42. The first-order chi connectivity index (χ1) is 10.8. The first-order valence-electron chi connectivity index (χ1n) is 8.36. The van der Waals surface area contributed by atoms with Gasteiger partial charge in [0.25, 0.3) is 0 Å². The van der Waals surface area contributed by atoms with Crippen LogP contribution >= 0.6 is 22.9 Å². The molecule has 0 bridgehead atoms. The van der Waals surface area contributed by atoms with Gasteiger partial charge in [0.1, 0.15) is 0 Å². The van der Waals surface area contributed by atoms with E-state index in [2.05, 4.69) is 64.6 Å².